The summed E-state index contributed by atoms with van der Waals surface area (Å²) < 4.78 is 24.0. The molecule has 0 aliphatic carbocycles. The van der Waals surface area contributed by atoms with Gasteiger partial charge in [-0.25, -0.2) is 4.98 Å². The SMILES string of the molecule is COc1ccc(C2c3ccc(O)cc3Oc3ncn(CCc4ccc(OC)c(OC)c4)c(=N)c32)cc1. The van der Waals surface area contributed by atoms with Gasteiger partial charge in [0, 0.05) is 24.1 Å². The van der Waals surface area contributed by atoms with Gasteiger partial charge in [-0.05, 0) is 47.9 Å². The average molecular weight is 486 g/mol. The lowest BCUT2D eigenvalue weighted by Crippen LogP contribution is -2.30. The van der Waals surface area contributed by atoms with Crippen molar-refractivity contribution in [2.75, 3.05) is 21.3 Å². The number of aryl methyl sites for hydroxylation is 2. The van der Waals surface area contributed by atoms with Crippen molar-refractivity contribution in [2.24, 2.45) is 0 Å². The Bertz CT molecular complexity index is 1460. The number of phenolic OH excluding ortho intramolecular Hbond substituents is 1. The molecule has 0 amide bonds. The zero-order valence-corrected chi connectivity index (χ0v) is 20.3. The van der Waals surface area contributed by atoms with Gasteiger partial charge in [0.1, 0.15) is 29.1 Å². The van der Waals surface area contributed by atoms with Gasteiger partial charge in [-0.1, -0.05) is 24.3 Å². The van der Waals surface area contributed by atoms with Gasteiger partial charge >= 0.3 is 0 Å². The number of fused-ring (bicyclic) bond motifs is 2. The lowest BCUT2D eigenvalue weighted by Gasteiger charge is -2.28. The molecule has 5 rings (SSSR count). The molecule has 2 heterocycles. The molecule has 3 aromatic carbocycles. The van der Waals surface area contributed by atoms with Crippen molar-refractivity contribution >= 4 is 0 Å². The van der Waals surface area contributed by atoms with E-state index in [0.29, 0.717) is 47.1 Å². The molecular weight excluding hydrogens is 458 g/mol. The van der Waals surface area contributed by atoms with E-state index in [9.17, 15) is 5.11 Å². The fourth-order valence-electron chi connectivity index (χ4n) is 4.55. The normalized spacial score (nSPS) is 13.8. The van der Waals surface area contributed by atoms with Crippen LogP contribution >= 0.6 is 0 Å². The Morgan fingerprint density at radius 1 is 0.944 bits per heavy atom. The van der Waals surface area contributed by atoms with E-state index in [4.69, 9.17) is 24.4 Å². The zero-order valence-electron chi connectivity index (χ0n) is 20.3. The minimum atomic E-state index is -0.288. The lowest BCUT2D eigenvalue weighted by atomic mass is 9.84. The molecular formula is C28H27N3O5. The topological polar surface area (TPSA) is 98.8 Å². The molecule has 1 atom stereocenters. The van der Waals surface area contributed by atoms with Gasteiger partial charge in [0.25, 0.3) is 0 Å². The van der Waals surface area contributed by atoms with Gasteiger partial charge in [-0.15, -0.1) is 0 Å². The van der Waals surface area contributed by atoms with E-state index in [-0.39, 0.29) is 11.7 Å². The number of nitrogens with zero attached hydrogens (tertiary/aromatic N) is 2. The summed E-state index contributed by atoms with van der Waals surface area (Å²) in [6, 6.07) is 18.6. The van der Waals surface area contributed by atoms with Crippen LogP contribution in [0.15, 0.2) is 67.0 Å². The number of aromatic nitrogens is 2. The van der Waals surface area contributed by atoms with Crippen LogP contribution in [0, 0.1) is 5.41 Å². The molecule has 1 unspecified atom stereocenters. The van der Waals surface area contributed by atoms with E-state index < -0.39 is 0 Å². The number of rotatable bonds is 7. The first-order chi connectivity index (χ1) is 17.5. The summed E-state index contributed by atoms with van der Waals surface area (Å²) in [7, 11) is 4.85. The second-order valence-electron chi connectivity index (χ2n) is 8.48. The molecule has 1 aromatic heterocycles. The molecule has 2 N–H and O–H groups in total. The van der Waals surface area contributed by atoms with Crippen LogP contribution in [-0.4, -0.2) is 36.0 Å². The number of hydrogen-bond acceptors (Lipinski definition) is 7. The van der Waals surface area contributed by atoms with Gasteiger partial charge in [0.15, 0.2) is 11.5 Å². The zero-order chi connectivity index (χ0) is 25.2. The first-order valence-electron chi connectivity index (χ1n) is 11.5. The fourth-order valence-corrected chi connectivity index (χ4v) is 4.55. The highest BCUT2D eigenvalue weighted by Gasteiger charge is 2.32. The molecule has 0 bridgehead atoms. The van der Waals surface area contributed by atoms with Gasteiger partial charge < -0.3 is 28.6 Å². The fraction of sp³-hybridized carbons (Fsp3) is 0.214. The van der Waals surface area contributed by atoms with Crippen molar-refractivity contribution in [3.05, 3.63) is 94.7 Å². The highest BCUT2D eigenvalue weighted by Crippen LogP contribution is 2.46. The van der Waals surface area contributed by atoms with Crippen LogP contribution in [0.5, 0.6) is 34.6 Å². The monoisotopic (exact) mass is 485 g/mol. The van der Waals surface area contributed by atoms with Crippen molar-refractivity contribution in [1.82, 2.24) is 9.55 Å². The van der Waals surface area contributed by atoms with Crippen LogP contribution in [0.1, 0.15) is 28.2 Å². The maximum absolute atomic E-state index is 10.0. The molecule has 8 nitrogen and oxygen atoms in total. The Balaban J connectivity index is 1.54. The quantitative estimate of drug-likeness (QED) is 0.349. The molecule has 0 spiro atoms. The minimum absolute atomic E-state index is 0.109. The third-order valence-corrected chi connectivity index (χ3v) is 6.43. The van der Waals surface area contributed by atoms with Crippen LogP contribution in [0.3, 0.4) is 0 Å². The van der Waals surface area contributed by atoms with E-state index >= 15 is 0 Å². The van der Waals surface area contributed by atoms with E-state index in [1.165, 1.54) is 0 Å². The first-order valence-corrected chi connectivity index (χ1v) is 11.5. The molecule has 0 saturated carbocycles. The maximum atomic E-state index is 10.0. The van der Waals surface area contributed by atoms with Crippen molar-refractivity contribution in [3.63, 3.8) is 0 Å². The van der Waals surface area contributed by atoms with Crippen LogP contribution in [0.4, 0.5) is 0 Å². The number of ether oxygens (including phenoxy) is 4. The van der Waals surface area contributed by atoms with Gasteiger partial charge in [0.05, 0.1) is 26.9 Å². The number of methoxy groups -OCH3 is 3. The third-order valence-electron chi connectivity index (χ3n) is 6.43. The summed E-state index contributed by atoms with van der Waals surface area (Å²) in [6.07, 6.45) is 2.30. The number of hydrogen-bond donors (Lipinski definition) is 2. The predicted molar refractivity (Wildman–Crippen MR) is 133 cm³/mol. The second-order valence-corrected chi connectivity index (χ2v) is 8.48. The van der Waals surface area contributed by atoms with Crippen LogP contribution in [0.25, 0.3) is 0 Å². The molecule has 0 saturated heterocycles. The highest BCUT2D eigenvalue weighted by atomic mass is 16.5. The second kappa shape index (κ2) is 9.65. The predicted octanol–water partition coefficient (Wildman–Crippen LogP) is 4.62. The Morgan fingerprint density at radius 2 is 1.72 bits per heavy atom. The van der Waals surface area contributed by atoms with E-state index in [0.717, 1.165) is 22.4 Å². The lowest BCUT2D eigenvalue weighted by molar-refractivity contribution is 0.354. The molecule has 4 aromatic rings. The largest absolute Gasteiger partial charge is 0.508 e. The van der Waals surface area contributed by atoms with E-state index in [1.54, 1.807) is 39.8 Å². The maximum Gasteiger partial charge on any atom is 0.228 e. The summed E-state index contributed by atoms with van der Waals surface area (Å²) in [5.41, 5.74) is 3.88. The van der Waals surface area contributed by atoms with Gasteiger partial charge in [0.2, 0.25) is 5.88 Å². The standard InChI is InChI=1S/C28H27N3O5/c1-33-20-8-5-18(6-9-20)25-21-10-7-19(32)15-23(21)36-28-26(25)27(29)31(16-30-28)13-12-17-4-11-22(34-2)24(14-17)35-3/h4-11,14-16,25,29,32H,12-13H2,1-3H3. The summed E-state index contributed by atoms with van der Waals surface area (Å²) in [6.45, 7) is 0.548. The van der Waals surface area contributed by atoms with Crippen LogP contribution < -0.4 is 24.4 Å². The summed E-state index contributed by atoms with van der Waals surface area (Å²) >= 11 is 0. The molecule has 184 valence electrons. The molecule has 1 aliphatic rings. The number of phenols is 1. The van der Waals surface area contributed by atoms with Crippen molar-refractivity contribution in [2.45, 2.75) is 18.9 Å². The van der Waals surface area contributed by atoms with Crippen molar-refractivity contribution < 1.29 is 24.1 Å². The number of aromatic hydroxyl groups is 1. The van der Waals surface area contributed by atoms with Crippen molar-refractivity contribution in [3.8, 4) is 34.6 Å². The Labute approximate surface area is 208 Å². The smallest absolute Gasteiger partial charge is 0.228 e. The van der Waals surface area contributed by atoms with Crippen molar-refractivity contribution in [1.29, 1.82) is 5.41 Å². The summed E-state index contributed by atoms with van der Waals surface area (Å²) in [4.78, 5) is 4.56. The van der Waals surface area contributed by atoms with Gasteiger partial charge in [-0.2, -0.15) is 0 Å². The Hall–Kier alpha value is -4.46. The Morgan fingerprint density at radius 3 is 2.44 bits per heavy atom. The molecule has 8 heteroatoms. The summed E-state index contributed by atoms with van der Waals surface area (Å²) in [5.74, 6) is 2.80. The van der Waals surface area contributed by atoms with Crippen LogP contribution in [-0.2, 0) is 13.0 Å². The average Bonchev–Trinajstić information content (AvgIpc) is 2.91. The van der Waals surface area contributed by atoms with E-state index in [1.807, 2.05) is 53.1 Å². The van der Waals surface area contributed by atoms with E-state index in [2.05, 4.69) is 4.98 Å². The van der Waals surface area contributed by atoms with Gasteiger partial charge in [-0.3, -0.25) is 5.41 Å². The minimum Gasteiger partial charge on any atom is -0.508 e. The van der Waals surface area contributed by atoms with Crippen LogP contribution in [0.2, 0.25) is 0 Å². The first kappa shape index (κ1) is 23.3. The number of nitrogens with one attached hydrogen (secondary N) is 1. The molecule has 36 heavy (non-hydrogen) atoms. The molecule has 0 radical (unpaired) electrons. The molecule has 1 aliphatic heterocycles. The highest BCUT2D eigenvalue weighted by molar-refractivity contribution is 5.57. The molecule has 0 fully saturated rings. The summed E-state index contributed by atoms with van der Waals surface area (Å²) in [5, 5.41) is 19.1. The number of benzene rings is 3. The third kappa shape index (κ3) is 4.22. The Kier molecular flexibility index (Phi) is 6.25.